The number of nitrogens with one attached hydrogen (secondary N) is 1. The van der Waals surface area contributed by atoms with Crippen molar-refractivity contribution in [1.29, 1.82) is 0 Å². The predicted molar refractivity (Wildman–Crippen MR) is 109 cm³/mol. The van der Waals surface area contributed by atoms with Crippen LogP contribution in [-0.2, 0) is 20.1 Å². The molecule has 9 heteroatoms. The van der Waals surface area contributed by atoms with Crippen molar-refractivity contribution < 1.29 is 21.4 Å². The van der Waals surface area contributed by atoms with Gasteiger partial charge >= 0.3 is 0 Å². The van der Waals surface area contributed by atoms with Crippen molar-refractivity contribution in [2.24, 2.45) is 5.73 Å². The quantitative estimate of drug-likeness (QED) is 0.493. The molecule has 0 saturated heterocycles. The van der Waals surface area contributed by atoms with E-state index in [0.717, 1.165) is 12.1 Å². The first-order chi connectivity index (χ1) is 13.7. The molecule has 29 heavy (non-hydrogen) atoms. The van der Waals surface area contributed by atoms with Gasteiger partial charge in [0.2, 0.25) is 10.0 Å². The monoisotopic (exact) mass is 432 g/mol. The zero-order valence-corrected chi connectivity index (χ0v) is 16.8. The molecule has 0 radical (unpaired) electrons. The van der Waals surface area contributed by atoms with Crippen molar-refractivity contribution in [2.75, 3.05) is 0 Å². The average molecular weight is 433 g/mol. The zero-order valence-electron chi connectivity index (χ0n) is 15.2. The molecule has 0 heterocycles. The van der Waals surface area contributed by atoms with Crippen molar-refractivity contribution in [3.63, 3.8) is 0 Å². The van der Waals surface area contributed by atoms with Gasteiger partial charge in [-0.2, -0.15) is 8.42 Å². The van der Waals surface area contributed by atoms with Crippen molar-refractivity contribution in [2.45, 2.75) is 21.9 Å². The summed E-state index contributed by atoms with van der Waals surface area (Å²) in [6, 6.07) is 20.9. The molecule has 0 aromatic heterocycles. The third kappa shape index (κ3) is 4.89. The van der Waals surface area contributed by atoms with Crippen LogP contribution >= 0.6 is 0 Å². The number of hydrogen-bond acceptors (Lipinski definition) is 5. The molecule has 7 nitrogen and oxygen atoms in total. The third-order valence-electron chi connectivity index (χ3n) is 4.40. The molecule has 0 spiro atoms. The molecule has 0 aliphatic rings. The van der Waals surface area contributed by atoms with E-state index in [1.165, 1.54) is 12.1 Å². The normalized spacial score (nSPS) is 14.3. The second-order valence-electron chi connectivity index (χ2n) is 6.37. The summed E-state index contributed by atoms with van der Waals surface area (Å²) in [5, 5.41) is 0. The van der Waals surface area contributed by atoms with Gasteiger partial charge in [0.25, 0.3) is 10.1 Å². The standard InChI is InChI=1S/C20H20N2O5S2/c21-19(15-9-3-1-4-10-15)20(16-11-5-2-6-12-16)22-28(23,24)17-13-7-8-14-18(17)29(25,26)27/h1-14,19-20,22H,21H2,(H,25,26,27)/t19-,20-/m1/s1. The van der Waals surface area contributed by atoms with Gasteiger partial charge in [-0.1, -0.05) is 72.8 Å². The van der Waals surface area contributed by atoms with E-state index in [1.807, 2.05) is 6.07 Å². The van der Waals surface area contributed by atoms with Crippen LogP contribution in [0.4, 0.5) is 0 Å². The van der Waals surface area contributed by atoms with Gasteiger partial charge < -0.3 is 5.73 Å². The van der Waals surface area contributed by atoms with E-state index in [9.17, 15) is 21.4 Å². The molecule has 0 bridgehead atoms. The fraction of sp³-hybridized carbons (Fsp3) is 0.100. The van der Waals surface area contributed by atoms with Crippen LogP contribution < -0.4 is 10.5 Å². The Balaban J connectivity index is 2.07. The summed E-state index contributed by atoms with van der Waals surface area (Å²) in [6.07, 6.45) is 0. The smallest absolute Gasteiger partial charge is 0.295 e. The maximum atomic E-state index is 13.1. The largest absolute Gasteiger partial charge is 0.322 e. The topological polar surface area (TPSA) is 127 Å². The molecule has 0 aliphatic heterocycles. The highest BCUT2D eigenvalue weighted by Gasteiger charge is 2.31. The Morgan fingerprint density at radius 1 is 0.690 bits per heavy atom. The zero-order chi connectivity index (χ0) is 21.1. The van der Waals surface area contributed by atoms with Gasteiger partial charge in [-0.15, -0.1) is 0 Å². The van der Waals surface area contributed by atoms with Crippen LogP contribution in [0.1, 0.15) is 23.2 Å². The van der Waals surface area contributed by atoms with E-state index in [4.69, 9.17) is 5.73 Å². The minimum absolute atomic E-state index is 0.552. The molecule has 0 amide bonds. The minimum Gasteiger partial charge on any atom is -0.322 e. The molecule has 3 aromatic carbocycles. The molecule has 3 aromatic rings. The van der Waals surface area contributed by atoms with Gasteiger partial charge in [0.05, 0.1) is 12.1 Å². The average Bonchev–Trinajstić information content (AvgIpc) is 2.72. The van der Waals surface area contributed by atoms with E-state index in [0.29, 0.717) is 11.1 Å². The Morgan fingerprint density at radius 2 is 1.14 bits per heavy atom. The molecule has 152 valence electrons. The van der Waals surface area contributed by atoms with Gasteiger partial charge in [-0.25, -0.2) is 13.1 Å². The molecule has 3 rings (SSSR count). The van der Waals surface area contributed by atoms with Gasteiger partial charge in [-0.05, 0) is 23.3 Å². The lowest BCUT2D eigenvalue weighted by atomic mass is 9.95. The Morgan fingerprint density at radius 3 is 1.66 bits per heavy atom. The Kier molecular flexibility index (Phi) is 6.15. The summed E-state index contributed by atoms with van der Waals surface area (Å²) in [5.74, 6) is 0. The first-order valence-electron chi connectivity index (χ1n) is 8.64. The summed E-state index contributed by atoms with van der Waals surface area (Å²) in [4.78, 5) is -1.25. The maximum absolute atomic E-state index is 13.1. The fourth-order valence-corrected chi connectivity index (χ4v) is 5.55. The van der Waals surface area contributed by atoms with Gasteiger partial charge in [0, 0.05) is 0 Å². The van der Waals surface area contributed by atoms with Crippen LogP contribution in [0.5, 0.6) is 0 Å². The molecular formula is C20H20N2O5S2. The second kappa shape index (κ2) is 8.44. The highest BCUT2D eigenvalue weighted by Crippen LogP contribution is 2.30. The van der Waals surface area contributed by atoms with Crippen molar-refractivity contribution in [3.05, 3.63) is 96.1 Å². The SMILES string of the molecule is N[C@H](c1ccccc1)[C@H](NS(=O)(=O)c1ccccc1S(=O)(=O)O)c1ccccc1. The summed E-state index contributed by atoms with van der Waals surface area (Å²) >= 11 is 0. The summed E-state index contributed by atoms with van der Waals surface area (Å²) < 4.78 is 61.4. The second-order valence-corrected chi connectivity index (χ2v) is 9.44. The van der Waals surface area contributed by atoms with E-state index in [1.54, 1.807) is 54.6 Å². The molecule has 2 atom stereocenters. The lowest BCUT2D eigenvalue weighted by Gasteiger charge is -2.26. The molecule has 0 saturated carbocycles. The summed E-state index contributed by atoms with van der Waals surface area (Å²) in [5.41, 5.74) is 7.69. The highest BCUT2D eigenvalue weighted by molar-refractivity contribution is 7.91. The number of hydrogen-bond donors (Lipinski definition) is 3. The highest BCUT2D eigenvalue weighted by atomic mass is 32.2. The number of rotatable bonds is 7. The number of benzene rings is 3. The van der Waals surface area contributed by atoms with E-state index in [-0.39, 0.29) is 0 Å². The van der Waals surface area contributed by atoms with E-state index in [2.05, 4.69) is 4.72 Å². The lowest BCUT2D eigenvalue weighted by molar-refractivity contribution is 0.477. The first kappa shape index (κ1) is 21.2. The molecule has 4 N–H and O–H groups in total. The van der Waals surface area contributed by atoms with Crippen LogP contribution in [-0.4, -0.2) is 21.4 Å². The molecule has 0 unspecified atom stereocenters. The van der Waals surface area contributed by atoms with Crippen LogP contribution in [0.25, 0.3) is 0 Å². The van der Waals surface area contributed by atoms with Crippen molar-refractivity contribution in [3.8, 4) is 0 Å². The van der Waals surface area contributed by atoms with E-state index < -0.39 is 42.0 Å². The molecule has 0 aliphatic carbocycles. The summed E-state index contributed by atoms with van der Waals surface area (Å²) in [7, 11) is -9.08. The number of nitrogens with two attached hydrogens (primary N) is 1. The van der Waals surface area contributed by atoms with Crippen molar-refractivity contribution >= 4 is 20.1 Å². The summed E-state index contributed by atoms with van der Waals surface area (Å²) in [6.45, 7) is 0. The van der Waals surface area contributed by atoms with Crippen LogP contribution in [0.2, 0.25) is 0 Å². The Hall–Kier alpha value is -2.56. The minimum atomic E-state index is -4.74. The van der Waals surface area contributed by atoms with Crippen LogP contribution in [0.3, 0.4) is 0 Å². The van der Waals surface area contributed by atoms with Gasteiger partial charge in [0.1, 0.15) is 9.79 Å². The maximum Gasteiger partial charge on any atom is 0.295 e. The van der Waals surface area contributed by atoms with Crippen molar-refractivity contribution in [1.82, 2.24) is 4.72 Å². The predicted octanol–water partition coefficient (Wildman–Crippen LogP) is 2.65. The fourth-order valence-electron chi connectivity index (χ4n) is 2.99. The lowest BCUT2D eigenvalue weighted by Crippen LogP contribution is -2.36. The van der Waals surface area contributed by atoms with Gasteiger partial charge in [-0.3, -0.25) is 4.55 Å². The Bertz CT molecular complexity index is 1180. The van der Waals surface area contributed by atoms with E-state index >= 15 is 0 Å². The molecule has 0 fully saturated rings. The molecular weight excluding hydrogens is 412 g/mol. The third-order valence-corrected chi connectivity index (χ3v) is 6.94. The number of sulfonamides is 1. The van der Waals surface area contributed by atoms with Crippen LogP contribution in [0.15, 0.2) is 94.7 Å². The Labute approximate surface area is 170 Å². The first-order valence-corrected chi connectivity index (χ1v) is 11.6. The van der Waals surface area contributed by atoms with Crippen LogP contribution in [0, 0.1) is 0 Å². The van der Waals surface area contributed by atoms with Gasteiger partial charge in [0.15, 0.2) is 0 Å².